The van der Waals surface area contributed by atoms with Crippen LogP contribution in [0.4, 0.5) is 0 Å². The van der Waals surface area contributed by atoms with Gasteiger partial charge in [0.25, 0.3) is 0 Å². The maximum Gasteiger partial charge on any atom is -0.0409 e. The molecule has 0 spiro atoms. The van der Waals surface area contributed by atoms with E-state index in [-0.39, 0.29) is 0 Å². The van der Waals surface area contributed by atoms with E-state index < -0.39 is 0 Å². The largest absolute Gasteiger partial charge is 0.0656 e. The number of unbranched alkanes of at least 4 members (excludes halogenated alkanes) is 5. The zero-order chi connectivity index (χ0) is 30.7. The Kier molecular flexibility index (Phi) is 47.3. The average Bonchev–Trinajstić information content (AvgIpc) is 2.95. The molecular weight excluding hydrogens is 468 g/mol. The van der Waals surface area contributed by atoms with Gasteiger partial charge in [0, 0.05) is 0 Å². The first-order valence-electron chi connectivity index (χ1n) is 18.8. The van der Waals surface area contributed by atoms with Gasteiger partial charge in [-0.05, 0) is 48.9 Å². The molecule has 39 heavy (non-hydrogen) atoms. The molecule has 0 bridgehead atoms. The highest BCUT2D eigenvalue weighted by Gasteiger charge is 2.18. The zero-order valence-electron chi connectivity index (χ0n) is 30.7. The molecule has 0 fully saturated rings. The smallest absolute Gasteiger partial charge is 0.0409 e. The molecule has 0 nitrogen and oxygen atoms in total. The van der Waals surface area contributed by atoms with Crippen molar-refractivity contribution in [1.82, 2.24) is 0 Å². The minimum absolute atomic E-state index is 0.935. The van der Waals surface area contributed by atoms with Crippen LogP contribution in [0, 0.1) is 29.6 Å². The fraction of sp³-hybridized carbons (Fsp3) is 1.00. The molecule has 0 aliphatic heterocycles. The van der Waals surface area contributed by atoms with Crippen molar-refractivity contribution in [2.75, 3.05) is 0 Å². The predicted octanol–water partition coefficient (Wildman–Crippen LogP) is 15.5. The fourth-order valence-electron chi connectivity index (χ4n) is 5.55. The second-order valence-corrected chi connectivity index (χ2v) is 12.8. The van der Waals surface area contributed by atoms with Crippen LogP contribution >= 0.6 is 0 Å². The molecule has 0 amide bonds. The summed E-state index contributed by atoms with van der Waals surface area (Å²) < 4.78 is 0. The summed E-state index contributed by atoms with van der Waals surface area (Å²) in [6, 6.07) is 0. The van der Waals surface area contributed by atoms with Crippen LogP contribution in [0.5, 0.6) is 0 Å². The summed E-state index contributed by atoms with van der Waals surface area (Å²) in [5, 5.41) is 0. The Morgan fingerprint density at radius 2 is 0.744 bits per heavy atom. The molecule has 4 atom stereocenters. The van der Waals surface area contributed by atoms with E-state index in [1.807, 2.05) is 0 Å². The quantitative estimate of drug-likeness (QED) is 0.117. The Balaban J connectivity index is -0.000000279. The molecule has 0 aromatic heterocycles. The minimum atomic E-state index is 0.935. The molecule has 0 aromatic rings. The highest BCUT2D eigenvalue weighted by Crippen LogP contribution is 2.32. The first kappa shape index (κ1) is 46.0. The van der Waals surface area contributed by atoms with E-state index >= 15 is 0 Å². The van der Waals surface area contributed by atoms with Crippen LogP contribution in [0.3, 0.4) is 0 Å². The van der Waals surface area contributed by atoms with E-state index in [2.05, 4.69) is 90.0 Å². The van der Waals surface area contributed by atoms with E-state index in [0.29, 0.717) is 0 Å². The third-order valence-electron chi connectivity index (χ3n) is 8.66. The van der Waals surface area contributed by atoms with E-state index in [1.54, 1.807) is 0 Å². The van der Waals surface area contributed by atoms with Crippen LogP contribution in [-0.4, -0.2) is 0 Å². The maximum atomic E-state index is 2.41. The van der Waals surface area contributed by atoms with Crippen molar-refractivity contribution in [2.45, 2.75) is 225 Å². The summed E-state index contributed by atoms with van der Waals surface area (Å²) in [5.74, 6) is 4.91. The average molecular weight is 555 g/mol. The van der Waals surface area contributed by atoms with Gasteiger partial charge in [0.15, 0.2) is 0 Å². The van der Waals surface area contributed by atoms with Crippen molar-refractivity contribution in [1.29, 1.82) is 0 Å². The molecule has 0 radical (unpaired) electrons. The van der Waals surface area contributed by atoms with E-state index in [4.69, 9.17) is 0 Å². The molecule has 242 valence electrons. The molecular formula is C39H86. The van der Waals surface area contributed by atoms with Gasteiger partial charge in [-0.25, -0.2) is 0 Å². The molecule has 0 N–H and O–H groups in total. The third kappa shape index (κ3) is 38.0. The van der Waals surface area contributed by atoms with Gasteiger partial charge >= 0.3 is 0 Å². The summed E-state index contributed by atoms with van der Waals surface area (Å²) in [7, 11) is 0. The molecule has 0 heteroatoms. The lowest BCUT2D eigenvalue weighted by atomic mass is 9.79. The Labute approximate surface area is 254 Å². The summed E-state index contributed by atoms with van der Waals surface area (Å²) in [6.45, 7) is 29.8. The van der Waals surface area contributed by atoms with Gasteiger partial charge in [0.1, 0.15) is 0 Å². The monoisotopic (exact) mass is 555 g/mol. The lowest BCUT2D eigenvalue weighted by Gasteiger charge is -2.26. The van der Waals surface area contributed by atoms with Crippen LogP contribution in [0.2, 0.25) is 0 Å². The van der Waals surface area contributed by atoms with Crippen LogP contribution in [-0.2, 0) is 0 Å². The molecule has 0 aliphatic carbocycles. The molecule has 0 heterocycles. The SMILES string of the molecule is CCC.CCC(C)CC(CC)CC.CCCCC.CCCCCC(CC)CC(CCCC)CC(CC)CCC. The van der Waals surface area contributed by atoms with E-state index in [9.17, 15) is 0 Å². The van der Waals surface area contributed by atoms with Crippen LogP contribution in [0.15, 0.2) is 0 Å². The maximum absolute atomic E-state index is 2.41. The van der Waals surface area contributed by atoms with Crippen LogP contribution in [0.25, 0.3) is 0 Å². The van der Waals surface area contributed by atoms with Gasteiger partial charge in [0.05, 0.1) is 0 Å². The van der Waals surface area contributed by atoms with Crippen molar-refractivity contribution >= 4 is 0 Å². The van der Waals surface area contributed by atoms with Gasteiger partial charge < -0.3 is 0 Å². The van der Waals surface area contributed by atoms with Crippen molar-refractivity contribution in [3.63, 3.8) is 0 Å². The third-order valence-corrected chi connectivity index (χ3v) is 8.66. The predicted molar refractivity (Wildman–Crippen MR) is 188 cm³/mol. The second kappa shape index (κ2) is 40.1. The molecule has 4 unspecified atom stereocenters. The Morgan fingerprint density at radius 3 is 1.08 bits per heavy atom. The zero-order valence-corrected chi connectivity index (χ0v) is 30.7. The van der Waals surface area contributed by atoms with Gasteiger partial charge in [-0.2, -0.15) is 0 Å². The number of hydrogen-bond donors (Lipinski definition) is 0. The van der Waals surface area contributed by atoms with Crippen molar-refractivity contribution in [3.05, 3.63) is 0 Å². The minimum Gasteiger partial charge on any atom is -0.0656 e. The van der Waals surface area contributed by atoms with Crippen molar-refractivity contribution < 1.29 is 0 Å². The van der Waals surface area contributed by atoms with Gasteiger partial charge in [-0.3, -0.25) is 0 Å². The summed E-state index contributed by atoms with van der Waals surface area (Å²) in [4.78, 5) is 0. The summed E-state index contributed by atoms with van der Waals surface area (Å²) in [5.41, 5.74) is 0. The van der Waals surface area contributed by atoms with Crippen molar-refractivity contribution in [2.24, 2.45) is 29.6 Å². The highest BCUT2D eigenvalue weighted by atomic mass is 14.2. The van der Waals surface area contributed by atoms with E-state index in [1.165, 1.54) is 135 Å². The molecule has 0 saturated heterocycles. The number of hydrogen-bond acceptors (Lipinski definition) is 0. The molecule has 0 aromatic carbocycles. The van der Waals surface area contributed by atoms with Crippen LogP contribution < -0.4 is 0 Å². The van der Waals surface area contributed by atoms with Crippen molar-refractivity contribution in [3.8, 4) is 0 Å². The normalized spacial score (nSPS) is 13.7. The standard InChI is InChI=1S/C21H44.C10H22.C5H12.C3H8/c1-6-11-13-16-20(10-5)18-21(15-12-7-2)17-19(9-4)14-8-3;1-5-9(4)8-10(6-2)7-3;1-3-5-4-2;1-3-2/h19-21H,6-18H2,1-5H3;9-10H,5-8H2,1-4H3;3-5H2,1-2H3;3H2,1-2H3. The Morgan fingerprint density at radius 1 is 0.333 bits per heavy atom. The van der Waals surface area contributed by atoms with Crippen LogP contribution in [0.1, 0.15) is 225 Å². The molecule has 0 aliphatic rings. The topological polar surface area (TPSA) is 0 Å². The van der Waals surface area contributed by atoms with Gasteiger partial charge in [-0.15, -0.1) is 0 Å². The Bertz CT molecular complexity index is 366. The molecule has 0 saturated carbocycles. The molecule has 0 rings (SSSR count). The first-order chi connectivity index (χ1) is 18.8. The van der Waals surface area contributed by atoms with Gasteiger partial charge in [0.2, 0.25) is 0 Å². The lowest BCUT2D eigenvalue weighted by molar-refractivity contribution is 0.257. The number of rotatable bonds is 22. The highest BCUT2D eigenvalue weighted by molar-refractivity contribution is 4.70. The van der Waals surface area contributed by atoms with Gasteiger partial charge in [-0.1, -0.05) is 206 Å². The summed E-state index contributed by atoms with van der Waals surface area (Å²) >= 11 is 0. The summed E-state index contributed by atoms with van der Waals surface area (Å²) in [6.07, 6.45) is 29.5. The van der Waals surface area contributed by atoms with E-state index in [0.717, 1.165) is 29.6 Å². The lowest BCUT2D eigenvalue weighted by Crippen LogP contribution is -2.14. The fourth-order valence-corrected chi connectivity index (χ4v) is 5.55. The second-order valence-electron chi connectivity index (χ2n) is 12.8. The Hall–Kier alpha value is 0. The first-order valence-corrected chi connectivity index (χ1v) is 18.8.